The van der Waals surface area contributed by atoms with Gasteiger partial charge in [-0.1, -0.05) is 136 Å². The van der Waals surface area contributed by atoms with Crippen LogP contribution in [0.2, 0.25) is 0 Å². The maximum atomic E-state index is 15.2. The van der Waals surface area contributed by atoms with E-state index in [2.05, 4.69) is 26.6 Å². The Morgan fingerprint density at radius 2 is 0.911 bits per heavy atom. The molecule has 1 saturated heterocycles. The van der Waals surface area contributed by atoms with E-state index in [1.54, 1.807) is 84.0 Å². The van der Waals surface area contributed by atoms with Crippen molar-refractivity contribution in [2.75, 3.05) is 75.6 Å². The lowest BCUT2D eigenvalue weighted by Gasteiger charge is -2.38. The Balaban J connectivity index is 2.27. The molecular weight excluding hydrogens is 1290 g/mol. The summed E-state index contributed by atoms with van der Waals surface area (Å²) in [6, 6.07) is 5.23. The minimum absolute atomic E-state index is 0.0539. The molecule has 101 heavy (non-hydrogen) atoms. The fourth-order valence-electron chi connectivity index (χ4n) is 12.4. The van der Waals surface area contributed by atoms with Crippen LogP contribution in [0.1, 0.15) is 148 Å². The van der Waals surface area contributed by atoms with Gasteiger partial charge < -0.3 is 70.7 Å². The average Bonchev–Trinajstić information content (AvgIpc) is 0.826. The van der Waals surface area contributed by atoms with Gasteiger partial charge in [-0.05, 0) is 102 Å². The second-order valence-corrected chi connectivity index (χ2v) is 30.2. The van der Waals surface area contributed by atoms with Gasteiger partial charge in [0.25, 0.3) is 0 Å². The SMILES string of the molecule is CC[C@H](C)[C@H]1C(=O)N(C)C[C@@H](C)C(=O)N(C)[C@@H](CC(C)C)C(=O)N[C@@H](COC(C)(C)C)C(=O)N(C)[C@@H](CC(C)C)C(=O)N[C@@H](C)C(=O)N(C)[C@@H](C)C(=O)N(C)[C@@H](Cc2ccccc2)C(=O)CNC[C@@H](C)C(=O)N(C)[C@@H](CC(C)C)C(=O)N[C@@H]([C@@H](C)O)C(=O)N[C@@H](Cc2ccccc2)C(=O)N1C. The van der Waals surface area contributed by atoms with Gasteiger partial charge >= 0.3 is 0 Å². The van der Waals surface area contributed by atoms with Crippen molar-refractivity contribution in [3.05, 3.63) is 71.8 Å². The number of hydrogen-bond donors (Lipinski definition) is 6. The molecule has 566 valence electrons. The number of hydrogen-bond acceptors (Lipinski definition) is 15. The first-order chi connectivity index (χ1) is 47.0. The van der Waals surface area contributed by atoms with Gasteiger partial charge in [0, 0.05) is 74.8 Å². The summed E-state index contributed by atoms with van der Waals surface area (Å²) in [5, 5.41) is 25.4. The standard InChI is InChI=1S/C75H122N12O14/c1-24-47(8)63-74(100)81(17)42-49(10)69(95)85(21)59(36-45(4)5)65(91)79-56(43-101-75(14,15)16)73(99)86(22)58(35-44(2)3)64(90)77-50(11)70(96)82(18)51(12)71(97)83(19)57(39-54-33-29-26-30-34-54)61(89)41-76-40-48(9)68(94)84(20)60(37-46(6)7)66(92)80-62(52(13)88)67(93)78-55(72(98)87(63)23)38-53-31-27-25-28-32-53/h25-34,44-52,55-60,62-63,76,88H,24,35-43H2,1-23H3,(H,77,90)(H,78,93)(H,79,91)(H,80,92)/t47-,48+,49+,50-,51-,52+,55-,56-,57-,58-,59-,60-,62-,63-/m0/s1. The minimum atomic E-state index is -1.65. The lowest BCUT2D eigenvalue weighted by molar-refractivity contribution is -0.150. The van der Waals surface area contributed by atoms with Gasteiger partial charge in [-0.3, -0.25) is 57.5 Å². The number of carbonyl (C=O) groups is 12. The molecule has 0 aliphatic carbocycles. The highest BCUT2D eigenvalue weighted by atomic mass is 16.5. The third-order valence-electron chi connectivity index (χ3n) is 18.9. The number of nitrogens with zero attached hydrogens (tertiary/aromatic N) is 7. The van der Waals surface area contributed by atoms with Crippen LogP contribution in [0.15, 0.2) is 60.7 Å². The number of benzene rings is 2. The Bertz CT molecular complexity index is 3110. The van der Waals surface area contributed by atoms with Crippen LogP contribution >= 0.6 is 0 Å². The second kappa shape index (κ2) is 40.1. The van der Waals surface area contributed by atoms with Crippen molar-refractivity contribution in [2.45, 2.75) is 221 Å². The molecule has 0 aromatic heterocycles. The number of amides is 11. The fraction of sp³-hybridized carbons (Fsp3) is 0.680. The summed E-state index contributed by atoms with van der Waals surface area (Å²) in [4.78, 5) is 185. The molecule has 1 aliphatic rings. The van der Waals surface area contributed by atoms with Crippen LogP contribution in [0.3, 0.4) is 0 Å². The highest BCUT2D eigenvalue weighted by molar-refractivity contribution is 5.99. The first kappa shape index (κ1) is 87.4. The number of ketones is 1. The van der Waals surface area contributed by atoms with Gasteiger partial charge in [0.2, 0.25) is 65.0 Å². The van der Waals surface area contributed by atoms with E-state index in [-0.39, 0.29) is 76.1 Å². The first-order valence-electron chi connectivity index (χ1n) is 35.7. The van der Waals surface area contributed by atoms with Gasteiger partial charge in [-0.2, -0.15) is 0 Å². The average molecular weight is 1420 g/mol. The molecule has 1 fully saturated rings. The summed E-state index contributed by atoms with van der Waals surface area (Å²) in [6.45, 7) is 26.7. The third-order valence-corrected chi connectivity index (χ3v) is 18.9. The molecule has 1 heterocycles. The van der Waals surface area contributed by atoms with E-state index < -0.39 is 161 Å². The summed E-state index contributed by atoms with van der Waals surface area (Å²) in [6.07, 6.45) is -0.728. The topological polar surface area (TPSA) is 317 Å². The van der Waals surface area contributed by atoms with Gasteiger partial charge in [0.15, 0.2) is 5.78 Å². The van der Waals surface area contributed by atoms with Gasteiger partial charge in [0.05, 0.1) is 36.8 Å². The number of nitrogens with one attached hydrogen (secondary N) is 5. The zero-order valence-corrected chi connectivity index (χ0v) is 64.5. The Morgan fingerprint density at radius 3 is 1.38 bits per heavy atom. The molecule has 11 amide bonds. The van der Waals surface area contributed by atoms with Gasteiger partial charge in [-0.15, -0.1) is 0 Å². The third kappa shape index (κ3) is 25.9. The van der Waals surface area contributed by atoms with Crippen molar-refractivity contribution < 1.29 is 67.4 Å². The zero-order valence-electron chi connectivity index (χ0n) is 64.5. The Morgan fingerprint density at radius 1 is 0.485 bits per heavy atom. The van der Waals surface area contributed by atoms with Crippen LogP contribution in [0.5, 0.6) is 0 Å². The van der Waals surface area contributed by atoms with E-state index in [9.17, 15) is 57.8 Å². The molecule has 1 aliphatic heterocycles. The maximum absolute atomic E-state index is 15.2. The lowest BCUT2D eigenvalue weighted by Crippen LogP contribution is -2.62. The van der Waals surface area contributed by atoms with E-state index >= 15 is 4.79 Å². The summed E-state index contributed by atoms with van der Waals surface area (Å²) in [5.74, 6) is -10.5. The number of rotatable bonds is 15. The maximum Gasteiger partial charge on any atom is 0.247 e. The number of carbonyl (C=O) groups excluding carboxylic acids is 12. The van der Waals surface area contributed by atoms with Crippen molar-refractivity contribution in [1.82, 2.24) is 60.9 Å². The molecule has 14 atom stereocenters. The largest absolute Gasteiger partial charge is 0.391 e. The van der Waals surface area contributed by atoms with Crippen LogP contribution in [0.4, 0.5) is 0 Å². The van der Waals surface area contributed by atoms with Crippen molar-refractivity contribution in [3.8, 4) is 0 Å². The molecule has 0 unspecified atom stereocenters. The highest BCUT2D eigenvalue weighted by Crippen LogP contribution is 2.24. The monoisotopic (exact) mass is 1410 g/mol. The number of likely N-dealkylation sites (N-methyl/N-ethyl adjacent to an activating group) is 7. The van der Waals surface area contributed by atoms with Crippen LogP contribution in [0, 0.1) is 35.5 Å². The van der Waals surface area contributed by atoms with Crippen LogP contribution < -0.4 is 26.6 Å². The molecule has 0 bridgehead atoms. The second-order valence-electron chi connectivity index (χ2n) is 30.2. The number of Topliss-reactive ketones (excluding diaryl/α,β-unsaturated/α-hetero) is 1. The van der Waals surface area contributed by atoms with Gasteiger partial charge in [-0.25, -0.2) is 0 Å². The molecule has 0 radical (unpaired) electrons. The molecule has 2 aromatic rings. The predicted molar refractivity (Wildman–Crippen MR) is 388 cm³/mol. The minimum Gasteiger partial charge on any atom is -0.391 e. The summed E-state index contributed by atoms with van der Waals surface area (Å²) < 4.78 is 6.15. The molecule has 6 N–H and O–H groups in total. The molecule has 26 nitrogen and oxygen atoms in total. The van der Waals surface area contributed by atoms with E-state index in [4.69, 9.17) is 4.74 Å². The van der Waals surface area contributed by atoms with Crippen LogP contribution in [0.25, 0.3) is 0 Å². The first-order valence-corrected chi connectivity index (χ1v) is 35.7. The number of ether oxygens (including phenoxy) is 1. The molecule has 0 saturated carbocycles. The van der Waals surface area contributed by atoms with Crippen molar-refractivity contribution >= 4 is 70.8 Å². The smallest absolute Gasteiger partial charge is 0.247 e. The normalized spacial score (nSPS) is 26.6. The zero-order chi connectivity index (χ0) is 76.8. The number of aliphatic hydroxyl groups is 1. The van der Waals surface area contributed by atoms with Crippen molar-refractivity contribution in [2.24, 2.45) is 35.5 Å². The van der Waals surface area contributed by atoms with Crippen LogP contribution in [-0.4, -0.2) is 258 Å². The van der Waals surface area contributed by atoms with E-state index in [1.807, 2.05) is 66.7 Å². The summed E-state index contributed by atoms with van der Waals surface area (Å²) in [5.41, 5.74) is 0.549. The number of aliphatic hydroxyl groups excluding tert-OH is 1. The lowest BCUT2D eigenvalue weighted by atomic mass is 9.94. The van der Waals surface area contributed by atoms with E-state index in [0.29, 0.717) is 12.0 Å². The van der Waals surface area contributed by atoms with E-state index in [1.165, 1.54) is 104 Å². The Labute approximate surface area is 600 Å². The fourth-order valence-corrected chi connectivity index (χ4v) is 12.4. The predicted octanol–water partition coefficient (Wildman–Crippen LogP) is 3.70. The van der Waals surface area contributed by atoms with Crippen molar-refractivity contribution in [3.63, 3.8) is 0 Å². The summed E-state index contributed by atoms with van der Waals surface area (Å²) >= 11 is 0. The summed E-state index contributed by atoms with van der Waals surface area (Å²) in [7, 11) is 10.2. The molecule has 26 heteroatoms. The molecular formula is C75H122N12O14. The van der Waals surface area contributed by atoms with Gasteiger partial charge in [0.1, 0.15) is 54.4 Å². The highest BCUT2D eigenvalue weighted by Gasteiger charge is 2.43. The molecule has 2 aromatic carbocycles. The quantitative estimate of drug-likeness (QED) is 0.148. The van der Waals surface area contributed by atoms with Crippen LogP contribution in [-0.2, 0) is 75.1 Å². The van der Waals surface area contributed by atoms with E-state index in [0.717, 1.165) is 5.56 Å². The van der Waals surface area contributed by atoms with Crippen molar-refractivity contribution in [1.29, 1.82) is 0 Å². The molecule has 3 rings (SSSR count). The Kier molecular flexibility index (Phi) is 34.7. The molecule has 0 spiro atoms. The Hall–Kier alpha value is -7.84.